The minimum absolute atomic E-state index is 0.0397. The number of carbonyl (C=O) groups excluding carboxylic acids is 2. The standard InChI is InChI=1S/C11H8N4O4S/c12-11-13-4-8(20-11)15-14-7-2-5(9(16)17)1-6(3-7)10(18)19/h1-4H,(H2,12,13)(H,16,17)(H,18,19)/p-2. The molecule has 0 aliphatic carbocycles. The van der Waals surface area contributed by atoms with Crippen molar-refractivity contribution in [1.29, 1.82) is 0 Å². The summed E-state index contributed by atoms with van der Waals surface area (Å²) in [6, 6.07) is 3.19. The Labute approximate surface area is 116 Å². The molecular formula is C11H6N4O4S-2. The lowest BCUT2D eigenvalue weighted by molar-refractivity contribution is -0.255. The van der Waals surface area contributed by atoms with Crippen LogP contribution in [0, 0.1) is 0 Å². The van der Waals surface area contributed by atoms with Crippen molar-refractivity contribution in [3.63, 3.8) is 0 Å². The number of nitrogens with zero attached hydrogens (tertiary/aromatic N) is 3. The summed E-state index contributed by atoms with van der Waals surface area (Å²) in [5, 5.41) is 29.8. The van der Waals surface area contributed by atoms with Gasteiger partial charge in [0.2, 0.25) is 0 Å². The molecule has 0 spiro atoms. The number of benzene rings is 1. The lowest BCUT2D eigenvalue weighted by Gasteiger charge is -2.08. The number of rotatable bonds is 4. The van der Waals surface area contributed by atoms with Gasteiger partial charge in [-0.05, 0) is 18.2 Å². The van der Waals surface area contributed by atoms with Crippen molar-refractivity contribution in [2.75, 3.05) is 5.73 Å². The van der Waals surface area contributed by atoms with Crippen molar-refractivity contribution in [3.8, 4) is 0 Å². The molecule has 8 nitrogen and oxygen atoms in total. The van der Waals surface area contributed by atoms with Gasteiger partial charge in [-0.2, -0.15) is 0 Å². The molecule has 0 saturated heterocycles. The molecule has 2 rings (SSSR count). The fourth-order valence-corrected chi connectivity index (χ4v) is 1.84. The zero-order valence-corrected chi connectivity index (χ0v) is 10.6. The maximum Gasteiger partial charge on any atom is 0.182 e. The number of nitrogen functional groups attached to an aromatic ring is 1. The zero-order valence-electron chi connectivity index (χ0n) is 9.77. The Morgan fingerprint density at radius 2 is 1.70 bits per heavy atom. The maximum absolute atomic E-state index is 10.8. The van der Waals surface area contributed by atoms with Crippen LogP contribution in [-0.2, 0) is 0 Å². The Morgan fingerprint density at radius 3 is 2.15 bits per heavy atom. The molecule has 0 aliphatic heterocycles. The van der Waals surface area contributed by atoms with Gasteiger partial charge in [0.05, 0.1) is 23.8 Å². The normalized spacial score (nSPS) is 10.8. The number of aromatic nitrogens is 1. The Morgan fingerprint density at radius 1 is 1.10 bits per heavy atom. The van der Waals surface area contributed by atoms with Gasteiger partial charge in [0.1, 0.15) is 0 Å². The second-order valence-corrected chi connectivity index (χ2v) is 4.62. The van der Waals surface area contributed by atoms with Gasteiger partial charge in [-0.25, -0.2) is 4.98 Å². The van der Waals surface area contributed by atoms with Crippen LogP contribution in [0.15, 0.2) is 34.6 Å². The van der Waals surface area contributed by atoms with E-state index in [2.05, 4.69) is 15.2 Å². The summed E-state index contributed by atoms with van der Waals surface area (Å²) in [6.07, 6.45) is 1.38. The molecule has 102 valence electrons. The Hall–Kier alpha value is -2.81. The highest BCUT2D eigenvalue weighted by atomic mass is 32.1. The monoisotopic (exact) mass is 290 g/mol. The van der Waals surface area contributed by atoms with E-state index >= 15 is 0 Å². The minimum Gasteiger partial charge on any atom is -0.545 e. The van der Waals surface area contributed by atoms with E-state index in [1.165, 1.54) is 6.20 Å². The fourth-order valence-electron chi connectivity index (χ4n) is 1.34. The van der Waals surface area contributed by atoms with Gasteiger partial charge in [-0.1, -0.05) is 11.3 Å². The molecule has 0 unspecified atom stereocenters. The molecule has 2 N–H and O–H groups in total. The third kappa shape index (κ3) is 3.14. The summed E-state index contributed by atoms with van der Waals surface area (Å²) in [5.74, 6) is -3.04. The first kappa shape index (κ1) is 13.6. The molecule has 20 heavy (non-hydrogen) atoms. The number of carboxylic acids is 2. The maximum atomic E-state index is 10.8. The first-order chi connectivity index (χ1) is 9.45. The quantitative estimate of drug-likeness (QED) is 0.776. The SMILES string of the molecule is Nc1ncc(N=Nc2cc(C(=O)[O-])cc(C(=O)[O-])c2)s1. The van der Waals surface area contributed by atoms with Crippen LogP contribution >= 0.6 is 11.3 Å². The summed E-state index contributed by atoms with van der Waals surface area (Å²) in [4.78, 5) is 25.3. The fraction of sp³-hybridized carbons (Fsp3) is 0. The molecule has 0 fully saturated rings. The highest BCUT2D eigenvalue weighted by molar-refractivity contribution is 7.18. The van der Waals surface area contributed by atoms with Crippen LogP contribution in [0.25, 0.3) is 0 Å². The number of anilines is 1. The van der Waals surface area contributed by atoms with Gasteiger partial charge >= 0.3 is 0 Å². The van der Waals surface area contributed by atoms with E-state index in [0.717, 1.165) is 29.5 Å². The topological polar surface area (TPSA) is 144 Å². The third-order valence-electron chi connectivity index (χ3n) is 2.16. The van der Waals surface area contributed by atoms with Gasteiger partial charge in [0.15, 0.2) is 10.1 Å². The summed E-state index contributed by atoms with van der Waals surface area (Å²) in [7, 11) is 0. The summed E-state index contributed by atoms with van der Waals surface area (Å²) in [6.45, 7) is 0. The van der Waals surface area contributed by atoms with Gasteiger partial charge < -0.3 is 25.5 Å². The summed E-state index contributed by atoms with van der Waals surface area (Å²) < 4.78 is 0. The minimum atomic E-state index is -1.52. The van der Waals surface area contributed by atoms with Crippen molar-refractivity contribution in [2.24, 2.45) is 10.2 Å². The first-order valence-electron chi connectivity index (χ1n) is 5.16. The predicted octanol–water partition coefficient (Wildman–Crippen LogP) is -0.132. The van der Waals surface area contributed by atoms with Crippen molar-refractivity contribution in [3.05, 3.63) is 35.5 Å². The van der Waals surface area contributed by atoms with E-state index in [1.54, 1.807) is 0 Å². The van der Waals surface area contributed by atoms with E-state index < -0.39 is 11.9 Å². The number of thiazole rings is 1. The van der Waals surface area contributed by atoms with Crippen molar-refractivity contribution < 1.29 is 19.8 Å². The molecule has 0 atom stereocenters. The number of hydrogen-bond acceptors (Lipinski definition) is 9. The number of aromatic carboxylic acids is 2. The third-order valence-corrected chi connectivity index (χ3v) is 2.88. The first-order valence-corrected chi connectivity index (χ1v) is 5.98. The molecule has 0 saturated carbocycles. The second-order valence-electron chi connectivity index (χ2n) is 3.58. The van der Waals surface area contributed by atoms with E-state index in [-0.39, 0.29) is 16.8 Å². The van der Waals surface area contributed by atoms with E-state index in [9.17, 15) is 19.8 Å². The predicted molar refractivity (Wildman–Crippen MR) is 65.8 cm³/mol. The molecule has 0 bridgehead atoms. The zero-order chi connectivity index (χ0) is 14.7. The van der Waals surface area contributed by atoms with E-state index in [4.69, 9.17) is 5.73 Å². The molecule has 0 aliphatic rings. The van der Waals surface area contributed by atoms with Crippen molar-refractivity contribution in [1.82, 2.24) is 4.98 Å². The van der Waals surface area contributed by atoms with E-state index in [1.807, 2.05) is 0 Å². The lowest BCUT2D eigenvalue weighted by Crippen LogP contribution is -2.25. The molecule has 1 aromatic heterocycles. The Kier molecular flexibility index (Phi) is 3.71. The largest absolute Gasteiger partial charge is 0.545 e. The summed E-state index contributed by atoms with van der Waals surface area (Å²) >= 11 is 1.08. The van der Waals surface area contributed by atoms with Crippen molar-refractivity contribution >= 4 is 39.1 Å². The van der Waals surface area contributed by atoms with Gasteiger partial charge in [-0.3, -0.25) is 0 Å². The highest BCUT2D eigenvalue weighted by Gasteiger charge is 2.03. The lowest BCUT2D eigenvalue weighted by atomic mass is 10.1. The van der Waals surface area contributed by atoms with Crippen LogP contribution in [0.3, 0.4) is 0 Å². The van der Waals surface area contributed by atoms with Gasteiger partial charge in [0.25, 0.3) is 0 Å². The molecule has 0 amide bonds. The van der Waals surface area contributed by atoms with Crippen molar-refractivity contribution in [2.45, 2.75) is 0 Å². The number of hydrogen-bond donors (Lipinski definition) is 1. The summed E-state index contributed by atoms with van der Waals surface area (Å²) in [5.41, 5.74) is 4.79. The van der Waals surface area contributed by atoms with Crippen LogP contribution in [0.5, 0.6) is 0 Å². The van der Waals surface area contributed by atoms with Crippen LogP contribution < -0.4 is 15.9 Å². The van der Waals surface area contributed by atoms with Gasteiger partial charge in [0, 0.05) is 11.1 Å². The van der Waals surface area contributed by atoms with Crippen LogP contribution in [-0.4, -0.2) is 16.9 Å². The molecule has 0 radical (unpaired) electrons. The Balaban J connectivity index is 2.37. The molecule has 1 aromatic carbocycles. The van der Waals surface area contributed by atoms with Crippen LogP contribution in [0.1, 0.15) is 20.7 Å². The average Bonchev–Trinajstić information content (AvgIpc) is 2.81. The molecule has 9 heteroatoms. The Bertz CT molecular complexity index is 678. The van der Waals surface area contributed by atoms with Crippen LogP contribution in [0.2, 0.25) is 0 Å². The molecule has 1 heterocycles. The highest BCUT2D eigenvalue weighted by Crippen LogP contribution is 2.26. The smallest absolute Gasteiger partial charge is 0.182 e. The number of carboxylic acid groups (broad SMARTS) is 2. The molecular weight excluding hydrogens is 284 g/mol. The molecule has 2 aromatic rings. The van der Waals surface area contributed by atoms with Crippen LogP contribution in [0.4, 0.5) is 15.8 Å². The van der Waals surface area contributed by atoms with E-state index in [0.29, 0.717) is 10.1 Å². The number of nitrogens with two attached hydrogens (primary N) is 1. The van der Waals surface area contributed by atoms with Gasteiger partial charge in [-0.15, -0.1) is 10.2 Å². The number of azo groups is 1. The second kappa shape index (κ2) is 5.45. The number of carbonyl (C=O) groups is 2. The average molecular weight is 290 g/mol.